The Hall–Kier alpha value is -0.910. The van der Waals surface area contributed by atoms with Crippen LogP contribution in [-0.2, 0) is 16.6 Å². The van der Waals surface area contributed by atoms with E-state index in [0.717, 1.165) is 24.9 Å². The molecule has 1 saturated carbocycles. The quantitative estimate of drug-likeness (QED) is 0.803. The van der Waals surface area contributed by atoms with Crippen molar-refractivity contribution in [1.82, 2.24) is 9.62 Å². The Morgan fingerprint density at radius 2 is 1.95 bits per heavy atom. The Kier molecular flexibility index (Phi) is 5.41. The zero-order valence-corrected chi connectivity index (χ0v) is 14.0. The summed E-state index contributed by atoms with van der Waals surface area (Å²) in [6.45, 7) is 7.98. The summed E-state index contributed by atoms with van der Waals surface area (Å²) in [5.74, 6) is 0.545. The molecule has 0 spiro atoms. The highest BCUT2D eigenvalue weighted by Gasteiger charge is 2.34. The van der Waals surface area contributed by atoms with Crippen molar-refractivity contribution >= 4 is 10.0 Å². The molecule has 2 rings (SSSR count). The van der Waals surface area contributed by atoms with Crippen molar-refractivity contribution in [3.05, 3.63) is 29.8 Å². The van der Waals surface area contributed by atoms with Gasteiger partial charge in [0, 0.05) is 19.1 Å². The average Bonchev–Trinajstić information content (AvgIpc) is 3.26. The van der Waals surface area contributed by atoms with Crippen molar-refractivity contribution in [3.8, 4) is 0 Å². The third-order valence-electron chi connectivity index (χ3n) is 3.84. The molecule has 0 bridgehead atoms. The molecular formula is C16H26N2O2S. The number of hydrogen-bond acceptors (Lipinski definition) is 3. The summed E-state index contributed by atoms with van der Waals surface area (Å²) >= 11 is 0. The van der Waals surface area contributed by atoms with Gasteiger partial charge in [-0.3, -0.25) is 0 Å². The summed E-state index contributed by atoms with van der Waals surface area (Å²) in [7, 11) is -3.42. The van der Waals surface area contributed by atoms with Crippen molar-refractivity contribution in [2.45, 2.75) is 51.1 Å². The van der Waals surface area contributed by atoms with Crippen molar-refractivity contribution in [2.75, 3.05) is 13.1 Å². The second-order valence-electron chi connectivity index (χ2n) is 6.00. The number of hydrogen-bond donors (Lipinski definition) is 1. The van der Waals surface area contributed by atoms with Crippen LogP contribution in [-0.4, -0.2) is 31.9 Å². The number of sulfonamides is 1. The van der Waals surface area contributed by atoms with E-state index in [4.69, 9.17) is 0 Å². The fraction of sp³-hybridized carbons (Fsp3) is 0.625. The molecule has 21 heavy (non-hydrogen) atoms. The van der Waals surface area contributed by atoms with Gasteiger partial charge in [-0.1, -0.05) is 25.1 Å². The molecule has 118 valence electrons. The fourth-order valence-corrected chi connectivity index (χ4v) is 4.37. The van der Waals surface area contributed by atoms with Gasteiger partial charge in [0.05, 0.1) is 4.90 Å². The minimum Gasteiger partial charge on any atom is -0.313 e. The SMILES string of the molecule is CCNCc1ccccc1S(=O)(=O)N(CC1CC1)C(C)C. The molecule has 0 aromatic heterocycles. The van der Waals surface area contributed by atoms with Crippen LogP contribution in [0.5, 0.6) is 0 Å². The van der Waals surface area contributed by atoms with E-state index in [0.29, 0.717) is 23.9 Å². The Balaban J connectivity index is 2.32. The summed E-state index contributed by atoms with van der Waals surface area (Å²) in [6, 6.07) is 7.31. The van der Waals surface area contributed by atoms with E-state index in [1.54, 1.807) is 16.4 Å². The maximum absolute atomic E-state index is 13.0. The molecular weight excluding hydrogens is 284 g/mol. The molecule has 1 aliphatic carbocycles. The standard InChI is InChI=1S/C16H26N2O2S/c1-4-17-11-15-7-5-6-8-16(15)21(19,20)18(13(2)3)12-14-9-10-14/h5-8,13-14,17H,4,9-12H2,1-3H3. The van der Waals surface area contributed by atoms with Crippen LogP contribution in [0.3, 0.4) is 0 Å². The Morgan fingerprint density at radius 1 is 1.29 bits per heavy atom. The molecule has 5 heteroatoms. The summed E-state index contributed by atoms with van der Waals surface area (Å²) in [4.78, 5) is 0.445. The molecule has 1 aliphatic rings. The zero-order valence-electron chi connectivity index (χ0n) is 13.2. The maximum Gasteiger partial charge on any atom is 0.243 e. The second-order valence-corrected chi connectivity index (χ2v) is 7.86. The molecule has 0 saturated heterocycles. The van der Waals surface area contributed by atoms with Crippen LogP contribution in [0.1, 0.15) is 39.2 Å². The van der Waals surface area contributed by atoms with E-state index in [1.807, 2.05) is 32.9 Å². The molecule has 1 N–H and O–H groups in total. The number of benzene rings is 1. The Morgan fingerprint density at radius 3 is 2.52 bits per heavy atom. The third-order valence-corrected chi connectivity index (χ3v) is 5.98. The Labute approximate surface area is 128 Å². The van der Waals surface area contributed by atoms with Crippen LogP contribution in [0.25, 0.3) is 0 Å². The van der Waals surface area contributed by atoms with Crippen LogP contribution in [0.15, 0.2) is 29.2 Å². The number of rotatable bonds is 8. The minimum absolute atomic E-state index is 0.0113. The Bertz CT molecular complexity index is 565. The summed E-state index contributed by atoms with van der Waals surface area (Å²) in [6.07, 6.45) is 2.30. The van der Waals surface area contributed by atoms with E-state index < -0.39 is 10.0 Å². The fourth-order valence-electron chi connectivity index (χ4n) is 2.43. The highest BCUT2D eigenvalue weighted by molar-refractivity contribution is 7.89. The lowest BCUT2D eigenvalue weighted by Crippen LogP contribution is -2.39. The smallest absolute Gasteiger partial charge is 0.243 e. The van der Waals surface area contributed by atoms with Crippen molar-refractivity contribution in [3.63, 3.8) is 0 Å². The largest absolute Gasteiger partial charge is 0.313 e. The topological polar surface area (TPSA) is 49.4 Å². The second kappa shape index (κ2) is 6.90. The van der Waals surface area contributed by atoms with Crippen molar-refractivity contribution < 1.29 is 8.42 Å². The highest BCUT2D eigenvalue weighted by atomic mass is 32.2. The first-order chi connectivity index (χ1) is 9.96. The molecule has 0 atom stereocenters. The van der Waals surface area contributed by atoms with E-state index in [-0.39, 0.29) is 6.04 Å². The van der Waals surface area contributed by atoms with Crippen molar-refractivity contribution in [2.24, 2.45) is 5.92 Å². The molecule has 4 nitrogen and oxygen atoms in total. The molecule has 1 aromatic carbocycles. The molecule has 0 radical (unpaired) electrons. The molecule has 0 heterocycles. The maximum atomic E-state index is 13.0. The predicted octanol–water partition coefficient (Wildman–Crippen LogP) is 2.61. The van der Waals surface area contributed by atoms with Gasteiger partial charge in [0.25, 0.3) is 0 Å². The van der Waals surface area contributed by atoms with Gasteiger partial charge < -0.3 is 5.32 Å². The van der Waals surface area contributed by atoms with Gasteiger partial charge in [-0.15, -0.1) is 0 Å². The van der Waals surface area contributed by atoms with Gasteiger partial charge in [-0.05, 0) is 50.8 Å². The number of nitrogens with one attached hydrogen (secondary N) is 1. The molecule has 0 amide bonds. The minimum atomic E-state index is -3.42. The van der Waals surface area contributed by atoms with Crippen LogP contribution in [0.2, 0.25) is 0 Å². The molecule has 0 unspecified atom stereocenters. The van der Waals surface area contributed by atoms with Crippen molar-refractivity contribution in [1.29, 1.82) is 0 Å². The van der Waals surface area contributed by atoms with E-state index in [2.05, 4.69) is 5.32 Å². The number of nitrogens with zero attached hydrogens (tertiary/aromatic N) is 1. The lowest BCUT2D eigenvalue weighted by atomic mass is 10.2. The van der Waals surface area contributed by atoms with Gasteiger partial charge in [0.15, 0.2) is 0 Å². The first-order valence-corrected chi connectivity index (χ1v) is 9.21. The van der Waals surface area contributed by atoms with E-state index in [9.17, 15) is 8.42 Å². The van der Waals surface area contributed by atoms with Crippen LogP contribution in [0, 0.1) is 5.92 Å². The van der Waals surface area contributed by atoms with Gasteiger partial charge in [-0.25, -0.2) is 8.42 Å². The summed E-state index contributed by atoms with van der Waals surface area (Å²) in [5.41, 5.74) is 0.848. The average molecular weight is 310 g/mol. The van der Waals surface area contributed by atoms with E-state index >= 15 is 0 Å². The van der Waals surface area contributed by atoms with E-state index in [1.165, 1.54) is 0 Å². The van der Waals surface area contributed by atoms with Gasteiger partial charge in [-0.2, -0.15) is 4.31 Å². The third kappa shape index (κ3) is 4.05. The summed E-state index contributed by atoms with van der Waals surface area (Å²) in [5, 5.41) is 3.22. The van der Waals surface area contributed by atoms with Gasteiger partial charge >= 0.3 is 0 Å². The van der Waals surface area contributed by atoms with Crippen LogP contribution in [0.4, 0.5) is 0 Å². The predicted molar refractivity (Wildman–Crippen MR) is 85.6 cm³/mol. The van der Waals surface area contributed by atoms with Gasteiger partial charge in [0.1, 0.15) is 0 Å². The van der Waals surface area contributed by atoms with Gasteiger partial charge in [0.2, 0.25) is 10.0 Å². The first kappa shape index (κ1) is 16.5. The summed E-state index contributed by atoms with van der Waals surface area (Å²) < 4.78 is 27.7. The van der Waals surface area contributed by atoms with Crippen LogP contribution >= 0.6 is 0 Å². The lowest BCUT2D eigenvalue weighted by Gasteiger charge is -2.27. The molecule has 1 fully saturated rings. The normalized spacial score (nSPS) is 15.9. The zero-order chi connectivity index (χ0) is 15.5. The first-order valence-electron chi connectivity index (χ1n) is 7.77. The highest BCUT2D eigenvalue weighted by Crippen LogP contribution is 2.33. The molecule has 1 aromatic rings. The van der Waals surface area contributed by atoms with Crippen LogP contribution < -0.4 is 5.32 Å². The monoisotopic (exact) mass is 310 g/mol. The molecule has 0 aliphatic heterocycles. The lowest BCUT2D eigenvalue weighted by molar-refractivity contribution is 0.341.